The van der Waals surface area contributed by atoms with E-state index in [2.05, 4.69) is 22.1 Å². The van der Waals surface area contributed by atoms with Gasteiger partial charge in [-0.3, -0.25) is 9.69 Å². The van der Waals surface area contributed by atoms with Crippen molar-refractivity contribution in [1.29, 1.82) is 0 Å². The standard InChI is InChI=1S/C24H26N4O4S/c1-5-6-13-33-24-25-22-21(26-27-24)17-9-7-8-10-19(17)28(15(2)29)23(32-22)18-14-16(30-3)11-12-20(18)31-4/h7-12,14,23H,5-6,13H2,1-4H3/t23-/m0/s1. The minimum absolute atomic E-state index is 0.198. The number of ether oxygens (including phenoxy) is 3. The SMILES string of the molecule is CCCCSc1nnc2c(n1)O[C@@H](c1cc(OC)ccc1OC)N(C(C)=O)c1ccccc1-2. The van der Waals surface area contributed by atoms with Gasteiger partial charge in [0.05, 0.1) is 25.5 Å². The van der Waals surface area contributed by atoms with E-state index in [1.807, 2.05) is 24.3 Å². The first kappa shape index (κ1) is 22.8. The van der Waals surface area contributed by atoms with Gasteiger partial charge < -0.3 is 14.2 Å². The predicted molar refractivity (Wildman–Crippen MR) is 127 cm³/mol. The van der Waals surface area contributed by atoms with Crippen LogP contribution in [0.25, 0.3) is 11.3 Å². The molecule has 1 amide bonds. The number of para-hydroxylation sites is 1. The second-order valence-corrected chi connectivity index (χ2v) is 8.50. The van der Waals surface area contributed by atoms with Gasteiger partial charge in [0.2, 0.25) is 23.2 Å². The largest absolute Gasteiger partial charge is 0.497 e. The van der Waals surface area contributed by atoms with Crippen LogP contribution in [-0.4, -0.2) is 41.1 Å². The molecular weight excluding hydrogens is 440 g/mol. The summed E-state index contributed by atoms with van der Waals surface area (Å²) in [6, 6.07) is 12.9. The van der Waals surface area contributed by atoms with Crippen LogP contribution in [-0.2, 0) is 4.79 Å². The number of hydrogen-bond donors (Lipinski definition) is 0. The summed E-state index contributed by atoms with van der Waals surface area (Å²) in [5, 5.41) is 9.29. The third-order valence-electron chi connectivity index (χ3n) is 5.28. The van der Waals surface area contributed by atoms with E-state index in [1.165, 1.54) is 18.7 Å². The molecule has 0 unspecified atom stereocenters. The molecule has 0 spiro atoms. The molecule has 33 heavy (non-hydrogen) atoms. The van der Waals surface area contributed by atoms with Crippen LogP contribution >= 0.6 is 11.8 Å². The summed E-state index contributed by atoms with van der Waals surface area (Å²) < 4.78 is 17.5. The lowest BCUT2D eigenvalue weighted by Gasteiger charge is -2.30. The minimum atomic E-state index is -0.847. The van der Waals surface area contributed by atoms with Crippen LogP contribution in [0.15, 0.2) is 47.6 Å². The van der Waals surface area contributed by atoms with Crippen molar-refractivity contribution in [3.05, 3.63) is 48.0 Å². The zero-order valence-corrected chi connectivity index (χ0v) is 19.9. The minimum Gasteiger partial charge on any atom is -0.497 e. The summed E-state index contributed by atoms with van der Waals surface area (Å²) in [7, 11) is 3.16. The fourth-order valence-electron chi connectivity index (χ4n) is 3.66. The molecule has 1 aliphatic heterocycles. The molecule has 2 aromatic carbocycles. The fourth-order valence-corrected chi connectivity index (χ4v) is 4.52. The van der Waals surface area contributed by atoms with E-state index in [9.17, 15) is 4.79 Å². The number of hydrogen-bond acceptors (Lipinski definition) is 8. The van der Waals surface area contributed by atoms with Crippen LogP contribution in [0.3, 0.4) is 0 Å². The topological polar surface area (TPSA) is 86.7 Å². The zero-order valence-electron chi connectivity index (χ0n) is 19.1. The molecular formula is C24H26N4O4S. The number of anilines is 1. The Labute approximate surface area is 197 Å². The van der Waals surface area contributed by atoms with Gasteiger partial charge >= 0.3 is 0 Å². The molecule has 1 atom stereocenters. The molecule has 4 rings (SSSR count). The molecule has 0 saturated carbocycles. The normalized spacial score (nSPS) is 14.5. The molecule has 0 bridgehead atoms. The van der Waals surface area contributed by atoms with Crippen LogP contribution in [0.4, 0.5) is 5.69 Å². The number of carbonyl (C=O) groups excluding carboxylic acids is 1. The Bertz CT molecular complexity index is 1160. The zero-order chi connectivity index (χ0) is 23.4. The molecule has 1 aromatic heterocycles. The van der Waals surface area contributed by atoms with Crippen LogP contribution < -0.4 is 19.1 Å². The molecule has 0 fully saturated rings. The number of benzene rings is 2. The van der Waals surface area contributed by atoms with Crippen molar-refractivity contribution in [2.45, 2.75) is 38.1 Å². The first-order chi connectivity index (χ1) is 16.1. The molecule has 0 radical (unpaired) electrons. The van der Waals surface area contributed by atoms with Crippen molar-refractivity contribution < 1.29 is 19.0 Å². The second kappa shape index (κ2) is 10.1. The van der Waals surface area contributed by atoms with Gasteiger partial charge in [-0.2, -0.15) is 4.98 Å². The number of fused-ring (bicyclic) bond motifs is 3. The van der Waals surface area contributed by atoms with Crippen molar-refractivity contribution in [3.63, 3.8) is 0 Å². The average Bonchev–Trinajstić information content (AvgIpc) is 2.98. The molecule has 8 nitrogen and oxygen atoms in total. The summed E-state index contributed by atoms with van der Waals surface area (Å²) in [6.07, 6.45) is 1.29. The summed E-state index contributed by atoms with van der Waals surface area (Å²) in [5.41, 5.74) is 2.49. The highest BCUT2D eigenvalue weighted by Crippen LogP contribution is 2.45. The van der Waals surface area contributed by atoms with E-state index in [0.717, 1.165) is 24.2 Å². The van der Waals surface area contributed by atoms with Crippen molar-refractivity contribution in [2.75, 3.05) is 24.9 Å². The molecule has 1 aliphatic rings. The summed E-state index contributed by atoms with van der Waals surface area (Å²) in [6.45, 7) is 3.64. The molecule has 0 N–H and O–H groups in total. The van der Waals surface area contributed by atoms with Crippen molar-refractivity contribution in [1.82, 2.24) is 15.2 Å². The predicted octanol–water partition coefficient (Wildman–Crippen LogP) is 4.89. The highest BCUT2D eigenvalue weighted by atomic mass is 32.2. The quantitative estimate of drug-likeness (QED) is 0.359. The van der Waals surface area contributed by atoms with Gasteiger partial charge in [-0.25, -0.2) is 0 Å². The van der Waals surface area contributed by atoms with E-state index < -0.39 is 6.23 Å². The Morgan fingerprint density at radius 2 is 1.97 bits per heavy atom. The maximum atomic E-state index is 13.0. The van der Waals surface area contributed by atoms with Gasteiger partial charge in [-0.05, 0) is 30.7 Å². The first-order valence-electron chi connectivity index (χ1n) is 10.7. The summed E-state index contributed by atoms with van der Waals surface area (Å²) in [5.74, 6) is 2.19. The van der Waals surface area contributed by atoms with E-state index in [1.54, 1.807) is 37.3 Å². The molecule has 0 aliphatic carbocycles. The molecule has 9 heteroatoms. The summed E-state index contributed by atoms with van der Waals surface area (Å²) in [4.78, 5) is 19.2. The Balaban J connectivity index is 1.90. The van der Waals surface area contributed by atoms with Crippen LogP contribution in [0.5, 0.6) is 17.4 Å². The Morgan fingerprint density at radius 1 is 1.15 bits per heavy atom. The number of unbranched alkanes of at least 4 members (excludes halogenated alkanes) is 1. The van der Waals surface area contributed by atoms with Gasteiger partial charge in [-0.1, -0.05) is 43.3 Å². The van der Waals surface area contributed by atoms with Crippen molar-refractivity contribution >= 4 is 23.4 Å². The smallest absolute Gasteiger partial charge is 0.247 e. The Morgan fingerprint density at radius 3 is 2.70 bits per heavy atom. The van der Waals surface area contributed by atoms with Crippen molar-refractivity contribution in [3.8, 4) is 28.6 Å². The van der Waals surface area contributed by atoms with Gasteiger partial charge in [0.25, 0.3) is 0 Å². The number of methoxy groups -OCH3 is 2. The Kier molecular flexibility index (Phi) is 6.98. The van der Waals surface area contributed by atoms with Crippen molar-refractivity contribution in [2.24, 2.45) is 0 Å². The highest BCUT2D eigenvalue weighted by molar-refractivity contribution is 7.99. The lowest BCUT2D eigenvalue weighted by molar-refractivity contribution is -0.118. The maximum absolute atomic E-state index is 13.0. The number of amides is 1. The summed E-state index contributed by atoms with van der Waals surface area (Å²) >= 11 is 1.53. The number of rotatable bonds is 7. The maximum Gasteiger partial charge on any atom is 0.247 e. The van der Waals surface area contributed by atoms with E-state index in [0.29, 0.717) is 39.5 Å². The number of aromatic nitrogens is 3. The second-order valence-electron chi connectivity index (χ2n) is 7.43. The third kappa shape index (κ3) is 4.59. The van der Waals surface area contributed by atoms with Crippen LogP contribution in [0.1, 0.15) is 38.5 Å². The average molecular weight is 467 g/mol. The van der Waals surface area contributed by atoms with Gasteiger partial charge in [0.15, 0.2) is 5.69 Å². The lowest BCUT2D eigenvalue weighted by Crippen LogP contribution is -2.36. The molecule has 172 valence electrons. The molecule has 0 saturated heterocycles. The molecule has 2 heterocycles. The fraction of sp³-hybridized carbons (Fsp3) is 0.333. The molecule has 3 aromatic rings. The number of nitrogens with zero attached hydrogens (tertiary/aromatic N) is 4. The van der Waals surface area contributed by atoms with Crippen LogP contribution in [0.2, 0.25) is 0 Å². The van der Waals surface area contributed by atoms with Gasteiger partial charge in [0, 0.05) is 18.2 Å². The van der Waals surface area contributed by atoms with Gasteiger partial charge in [-0.15, -0.1) is 10.2 Å². The number of carbonyl (C=O) groups is 1. The van der Waals surface area contributed by atoms with E-state index in [4.69, 9.17) is 14.2 Å². The van der Waals surface area contributed by atoms with E-state index >= 15 is 0 Å². The van der Waals surface area contributed by atoms with Crippen LogP contribution in [0, 0.1) is 0 Å². The Hall–Kier alpha value is -3.33. The lowest BCUT2D eigenvalue weighted by atomic mass is 10.1. The first-order valence-corrected chi connectivity index (χ1v) is 11.7. The third-order valence-corrected chi connectivity index (χ3v) is 6.21. The van der Waals surface area contributed by atoms with Gasteiger partial charge in [0.1, 0.15) is 11.5 Å². The number of thioether (sulfide) groups is 1. The monoisotopic (exact) mass is 466 g/mol. The highest BCUT2D eigenvalue weighted by Gasteiger charge is 2.36. The van der Waals surface area contributed by atoms with E-state index in [-0.39, 0.29) is 5.91 Å².